The Hall–Kier alpha value is -1.22. The first-order valence-electron chi connectivity index (χ1n) is 8.22. The number of hydrogen-bond acceptors (Lipinski definition) is 4. The van der Waals surface area contributed by atoms with Crippen molar-refractivity contribution in [3.8, 4) is 11.5 Å². The Morgan fingerprint density at radius 3 is 2.92 bits per heavy atom. The van der Waals surface area contributed by atoms with Gasteiger partial charge in [-0.3, -0.25) is 4.99 Å². The first-order valence-corrected chi connectivity index (χ1v) is 8.22. The molecule has 0 spiro atoms. The van der Waals surface area contributed by atoms with Crippen LogP contribution in [0.2, 0.25) is 0 Å². The van der Waals surface area contributed by atoms with Crippen molar-refractivity contribution in [2.45, 2.75) is 32.3 Å². The molecule has 1 aliphatic heterocycles. The van der Waals surface area contributed by atoms with Gasteiger partial charge < -0.3 is 25.2 Å². The van der Waals surface area contributed by atoms with E-state index < -0.39 is 0 Å². The van der Waals surface area contributed by atoms with E-state index in [0.29, 0.717) is 12.3 Å². The molecule has 0 aliphatic carbocycles. The smallest absolute Gasteiger partial charge is 0.191 e. The predicted octanol–water partition coefficient (Wildman–Crippen LogP) is 2.30. The number of halogens is 1. The molecule has 1 aliphatic rings. The number of phenolic OH excluding ortho intramolecular Hbond substituents is 1. The fraction of sp³-hybridized carbons (Fsp3) is 0.588. The molecule has 1 aromatic carbocycles. The number of methoxy groups -OCH3 is 1. The van der Waals surface area contributed by atoms with Gasteiger partial charge in [0.25, 0.3) is 0 Å². The van der Waals surface area contributed by atoms with Crippen molar-refractivity contribution < 1.29 is 14.6 Å². The average molecular weight is 449 g/mol. The number of benzene rings is 1. The summed E-state index contributed by atoms with van der Waals surface area (Å²) in [5, 5.41) is 16.2. The molecule has 1 heterocycles. The number of aromatic hydroxyl groups is 1. The van der Waals surface area contributed by atoms with Crippen LogP contribution >= 0.6 is 24.0 Å². The second kappa shape index (κ2) is 11.4. The Kier molecular flexibility index (Phi) is 9.85. The zero-order chi connectivity index (χ0) is 16.5. The van der Waals surface area contributed by atoms with Gasteiger partial charge in [-0.05, 0) is 43.9 Å². The van der Waals surface area contributed by atoms with E-state index in [0.717, 1.165) is 50.5 Å². The molecule has 0 bridgehead atoms. The minimum atomic E-state index is 0. The average Bonchev–Trinajstić information content (AvgIpc) is 3.07. The second-order valence-corrected chi connectivity index (χ2v) is 5.54. The molecule has 136 valence electrons. The highest BCUT2D eigenvalue weighted by atomic mass is 127. The van der Waals surface area contributed by atoms with Crippen LogP contribution in [0, 0.1) is 0 Å². The number of nitrogens with one attached hydrogen (secondary N) is 2. The van der Waals surface area contributed by atoms with Gasteiger partial charge in [0.05, 0.1) is 19.8 Å². The van der Waals surface area contributed by atoms with E-state index in [9.17, 15) is 5.11 Å². The van der Waals surface area contributed by atoms with E-state index in [-0.39, 0.29) is 35.8 Å². The summed E-state index contributed by atoms with van der Waals surface area (Å²) in [5.41, 5.74) is 1.10. The molecule has 1 atom stereocenters. The standard InChI is InChI=1S/C17H27N3O3.HI/c1-3-18-17(20-12-14-5-4-10-23-14)19-9-8-13-6-7-15(21)16(11-13)22-2;/h6-7,11,14,21H,3-5,8-10,12H2,1-2H3,(H2,18,19,20);1H. The molecule has 6 nitrogen and oxygen atoms in total. The number of nitrogens with zero attached hydrogens (tertiary/aromatic N) is 1. The number of hydrogen-bond donors (Lipinski definition) is 3. The summed E-state index contributed by atoms with van der Waals surface area (Å²) in [4.78, 5) is 4.58. The van der Waals surface area contributed by atoms with Crippen LogP contribution in [-0.4, -0.2) is 50.5 Å². The molecule has 1 aromatic rings. The van der Waals surface area contributed by atoms with E-state index in [1.165, 1.54) is 0 Å². The normalized spacial score (nSPS) is 17.2. The molecule has 1 saturated heterocycles. The number of aliphatic imine (C=N–C) groups is 1. The summed E-state index contributed by atoms with van der Waals surface area (Å²) >= 11 is 0. The summed E-state index contributed by atoms with van der Waals surface area (Å²) in [5.74, 6) is 1.48. The van der Waals surface area contributed by atoms with Crippen LogP contribution in [0.25, 0.3) is 0 Å². The molecule has 7 heteroatoms. The zero-order valence-corrected chi connectivity index (χ0v) is 16.7. The van der Waals surface area contributed by atoms with Gasteiger partial charge in [-0.15, -0.1) is 24.0 Å². The van der Waals surface area contributed by atoms with Gasteiger partial charge in [-0.25, -0.2) is 0 Å². The lowest BCUT2D eigenvalue weighted by molar-refractivity contribution is 0.117. The van der Waals surface area contributed by atoms with Gasteiger partial charge in [0.2, 0.25) is 0 Å². The Bertz CT molecular complexity index is 520. The predicted molar refractivity (Wildman–Crippen MR) is 107 cm³/mol. The lowest BCUT2D eigenvalue weighted by Gasteiger charge is -2.13. The third-order valence-electron chi connectivity index (χ3n) is 3.77. The summed E-state index contributed by atoms with van der Waals surface area (Å²) in [6, 6.07) is 5.41. The Morgan fingerprint density at radius 1 is 1.42 bits per heavy atom. The van der Waals surface area contributed by atoms with Crippen molar-refractivity contribution in [1.82, 2.24) is 10.6 Å². The Labute approximate surface area is 161 Å². The minimum absolute atomic E-state index is 0. The maximum absolute atomic E-state index is 9.61. The molecular formula is C17H28IN3O3. The number of ether oxygens (including phenoxy) is 2. The van der Waals surface area contributed by atoms with E-state index in [1.54, 1.807) is 13.2 Å². The summed E-state index contributed by atoms with van der Waals surface area (Å²) in [6.07, 6.45) is 3.30. The Morgan fingerprint density at radius 2 is 2.25 bits per heavy atom. The fourth-order valence-electron chi connectivity index (χ4n) is 2.53. The van der Waals surface area contributed by atoms with Gasteiger partial charge >= 0.3 is 0 Å². The number of phenols is 1. The second-order valence-electron chi connectivity index (χ2n) is 5.54. The van der Waals surface area contributed by atoms with Crippen LogP contribution in [0.5, 0.6) is 11.5 Å². The summed E-state index contributed by atoms with van der Waals surface area (Å²) < 4.78 is 10.7. The van der Waals surface area contributed by atoms with Crippen LogP contribution in [0.1, 0.15) is 25.3 Å². The molecule has 24 heavy (non-hydrogen) atoms. The van der Waals surface area contributed by atoms with Crippen molar-refractivity contribution in [3.63, 3.8) is 0 Å². The largest absolute Gasteiger partial charge is 0.504 e. The number of guanidine groups is 1. The van der Waals surface area contributed by atoms with Crippen molar-refractivity contribution in [1.29, 1.82) is 0 Å². The minimum Gasteiger partial charge on any atom is -0.504 e. The lowest BCUT2D eigenvalue weighted by Crippen LogP contribution is -2.38. The van der Waals surface area contributed by atoms with Crippen LogP contribution in [0.4, 0.5) is 0 Å². The topological polar surface area (TPSA) is 75.1 Å². The summed E-state index contributed by atoms with van der Waals surface area (Å²) in [7, 11) is 1.55. The van der Waals surface area contributed by atoms with Crippen molar-refractivity contribution in [2.24, 2.45) is 4.99 Å². The molecule has 2 rings (SSSR count). The zero-order valence-electron chi connectivity index (χ0n) is 14.4. The van der Waals surface area contributed by atoms with E-state index in [1.807, 2.05) is 19.1 Å². The number of rotatable bonds is 7. The highest BCUT2D eigenvalue weighted by molar-refractivity contribution is 14.0. The molecule has 0 aromatic heterocycles. The van der Waals surface area contributed by atoms with Gasteiger partial charge in [-0.2, -0.15) is 0 Å². The molecule has 0 radical (unpaired) electrons. The van der Waals surface area contributed by atoms with Gasteiger partial charge in [-0.1, -0.05) is 6.07 Å². The van der Waals surface area contributed by atoms with Crippen molar-refractivity contribution in [3.05, 3.63) is 23.8 Å². The highest BCUT2D eigenvalue weighted by Crippen LogP contribution is 2.26. The SMILES string of the molecule is CCNC(=NCC1CCCO1)NCCc1ccc(O)c(OC)c1.I. The van der Waals surface area contributed by atoms with Crippen LogP contribution < -0.4 is 15.4 Å². The lowest BCUT2D eigenvalue weighted by atomic mass is 10.1. The maximum Gasteiger partial charge on any atom is 0.191 e. The molecule has 0 amide bonds. The summed E-state index contributed by atoms with van der Waals surface area (Å²) in [6.45, 7) is 5.18. The van der Waals surface area contributed by atoms with E-state index >= 15 is 0 Å². The van der Waals surface area contributed by atoms with E-state index in [4.69, 9.17) is 9.47 Å². The van der Waals surface area contributed by atoms with Crippen molar-refractivity contribution >= 4 is 29.9 Å². The quantitative estimate of drug-likeness (QED) is 0.339. The third-order valence-corrected chi connectivity index (χ3v) is 3.77. The Balaban J connectivity index is 0.00000288. The van der Waals surface area contributed by atoms with Crippen molar-refractivity contribution in [2.75, 3.05) is 33.4 Å². The maximum atomic E-state index is 9.61. The molecule has 1 unspecified atom stereocenters. The highest BCUT2D eigenvalue weighted by Gasteiger charge is 2.14. The first kappa shape index (κ1) is 20.8. The molecular weight excluding hydrogens is 421 g/mol. The van der Waals surface area contributed by atoms with Crippen LogP contribution in [0.3, 0.4) is 0 Å². The van der Waals surface area contributed by atoms with Crippen LogP contribution in [0.15, 0.2) is 23.2 Å². The first-order chi connectivity index (χ1) is 11.2. The molecule has 1 fully saturated rings. The van der Waals surface area contributed by atoms with Gasteiger partial charge in [0, 0.05) is 19.7 Å². The third kappa shape index (κ3) is 6.72. The van der Waals surface area contributed by atoms with Crippen LogP contribution in [-0.2, 0) is 11.2 Å². The van der Waals surface area contributed by atoms with E-state index in [2.05, 4.69) is 15.6 Å². The molecule has 3 N–H and O–H groups in total. The monoisotopic (exact) mass is 449 g/mol. The molecule has 0 saturated carbocycles. The fourth-order valence-corrected chi connectivity index (χ4v) is 2.53. The van der Waals surface area contributed by atoms with Gasteiger partial charge in [0.1, 0.15) is 0 Å². The van der Waals surface area contributed by atoms with Gasteiger partial charge in [0.15, 0.2) is 17.5 Å².